The molecule has 8 nitrogen and oxygen atoms in total. The average Bonchev–Trinajstić information content (AvgIpc) is 2.93. The molecular formula is C30H27N3O5. The second-order valence-corrected chi connectivity index (χ2v) is 9.08. The van der Waals surface area contributed by atoms with Gasteiger partial charge in [0, 0.05) is 29.4 Å². The number of fused-ring (bicyclic) bond motifs is 1. The van der Waals surface area contributed by atoms with Crippen LogP contribution >= 0.6 is 0 Å². The number of hydrogen-bond donors (Lipinski definition) is 1. The standard InChI is InChI=1S/C30H27N3O5/c1-20-16-24(13-14-27(20)33(35)36)38-19-23-17-22(12-15-28(23)37-2)29-31-26-11-7-6-10-25(26)30(34)32(29)18-21-8-4-3-5-9-21/h3-17,29,31H,18-19H2,1-2H3/t29-/m1/s1. The van der Waals surface area contributed by atoms with Crippen molar-refractivity contribution in [3.63, 3.8) is 0 Å². The number of ether oxygens (including phenoxy) is 2. The lowest BCUT2D eigenvalue weighted by atomic mass is 10.0. The van der Waals surface area contributed by atoms with Crippen molar-refractivity contribution < 1.29 is 19.2 Å². The van der Waals surface area contributed by atoms with Crippen LogP contribution in [0.3, 0.4) is 0 Å². The molecule has 0 aromatic heterocycles. The number of nitro benzene ring substituents is 1. The molecule has 1 atom stereocenters. The van der Waals surface area contributed by atoms with Gasteiger partial charge >= 0.3 is 0 Å². The van der Waals surface area contributed by atoms with Gasteiger partial charge < -0.3 is 19.7 Å². The number of benzene rings is 4. The number of amides is 1. The molecule has 0 saturated carbocycles. The molecule has 38 heavy (non-hydrogen) atoms. The lowest BCUT2D eigenvalue weighted by Crippen LogP contribution is -2.42. The number of hydrogen-bond acceptors (Lipinski definition) is 6. The monoisotopic (exact) mass is 509 g/mol. The first-order chi connectivity index (χ1) is 18.4. The molecule has 8 heteroatoms. The van der Waals surface area contributed by atoms with E-state index in [0.29, 0.717) is 29.2 Å². The number of nitrogens with zero attached hydrogens (tertiary/aromatic N) is 2. The number of para-hydroxylation sites is 1. The fourth-order valence-electron chi connectivity index (χ4n) is 4.66. The molecule has 0 radical (unpaired) electrons. The van der Waals surface area contributed by atoms with Crippen molar-refractivity contribution in [1.82, 2.24) is 4.90 Å². The normalized spacial score (nSPS) is 14.4. The largest absolute Gasteiger partial charge is 0.496 e. The molecule has 1 aliphatic rings. The molecule has 5 rings (SSSR count). The first kappa shape index (κ1) is 24.8. The number of methoxy groups -OCH3 is 1. The highest BCUT2D eigenvalue weighted by molar-refractivity contribution is 6.01. The van der Waals surface area contributed by atoms with E-state index in [1.54, 1.807) is 26.2 Å². The summed E-state index contributed by atoms with van der Waals surface area (Å²) in [5.41, 5.74) is 4.67. The fourth-order valence-corrected chi connectivity index (χ4v) is 4.66. The van der Waals surface area contributed by atoms with E-state index in [0.717, 1.165) is 22.4 Å². The zero-order valence-corrected chi connectivity index (χ0v) is 21.1. The van der Waals surface area contributed by atoms with Gasteiger partial charge in [-0.3, -0.25) is 14.9 Å². The predicted octanol–water partition coefficient (Wildman–Crippen LogP) is 6.26. The van der Waals surface area contributed by atoms with Crippen LogP contribution in [-0.2, 0) is 13.2 Å². The maximum atomic E-state index is 13.6. The molecular weight excluding hydrogens is 482 g/mol. The van der Waals surface area contributed by atoms with Crippen LogP contribution in [0.5, 0.6) is 11.5 Å². The van der Waals surface area contributed by atoms with Crippen molar-refractivity contribution in [2.45, 2.75) is 26.2 Å². The minimum absolute atomic E-state index is 0.0451. The number of rotatable bonds is 8. The average molecular weight is 510 g/mol. The number of carbonyl (C=O) groups excluding carboxylic acids is 1. The van der Waals surface area contributed by atoms with Gasteiger partial charge in [-0.25, -0.2) is 0 Å². The Labute approximate surface area is 220 Å². The minimum atomic E-state index is -0.413. The van der Waals surface area contributed by atoms with Crippen molar-refractivity contribution in [3.05, 3.63) is 129 Å². The Morgan fingerprint density at radius 3 is 2.47 bits per heavy atom. The summed E-state index contributed by atoms with van der Waals surface area (Å²) in [7, 11) is 1.59. The summed E-state index contributed by atoms with van der Waals surface area (Å²) in [5.74, 6) is 1.11. The van der Waals surface area contributed by atoms with Crippen molar-refractivity contribution in [2.75, 3.05) is 12.4 Å². The van der Waals surface area contributed by atoms with E-state index in [4.69, 9.17) is 9.47 Å². The molecule has 0 unspecified atom stereocenters. The Morgan fingerprint density at radius 2 is 1.74 bits per heavy atom. The van der Waals surface area contributed by atoms with E-state index in [1.165, 1.54) is 6.07 Å². The van der Waals surface area contributed by atoms with Crippen LogP contribution in [0.15, 0.2) is 91.0 Å². The van der Waals surface area contributed by atoms with Crippen molar-refractivity contribution in [1.29, 1.82) is 0 Å². The van der Waals surface area contributed by atoms with Crippen LogP contribution in [0.25, 0.3) is 0 Å². The molecule has 4 aromatic carbocycles. The van der Waals surface area contributed by atoms with Crippen molar-refractivity contribution >= 4 is 17.3 Å². The summed E-state index contributed by atoms with van der Waals surface area (Å²) in [5, 5.41) is 14.7. The summed E-state index contributed by atoms with van der Waals surface area (Å²) in [6.45, 7) is 2.30. The van der Waals surface area contributed by atoms with Crippen LogP contribution in [-0.4, -0.2) is 22.8 Å². The second-order valence-electron chi connectivity index (χ2n) is 9.08. The van der Waals surface area contributed by atoms with Crippen LogP contribution < -0.4 is 14.8 Å². The van der Waals surface area contributed by atoms with E-state index in [9.17, 15) is 14.9 Å². The number of nitrogens with one attached hydrogen (secondary N) is 1. The quantitative estimate of drug-likeness (QED) is 0.223. The Bertz CT molecular complexity index is 1490. The van der Waals surface area contributed by atoms with Gasteiger partial charge in [0.25, 0.3) is 11.6 Å². The predicted molar refractivity (Wildman–Crippen MR) is 144 cm³/mol. The number of nitro groups is 1. The molecule has 0 bridgehead atoms. The molecule has 4 aromatic rings. The lowest BCUT2D eigenvalue weighted by Gasteiger charge is -2.38. The van der Waals surface area contributed by atoms with E-state index in [2.05, 4.69) is 5.32 Å². The van der Waals surface area contributed by atoms with Gasteiger partial charge in [0.1, 0.15) is 24.3 Å². The Hall–Kier alpha value is -4.85. The van der Waals surface area contributed by atoms with E-state index < -0.39 is 11.1 Å². The molecule has 0 aliphatic carbocycles. The van der Waals surface area contributed by atoms with Gasteiger partial charge in [-0.2, -0.15) is 0 Å². The molecule has 1 N–H and O–H groups in total. The van der Waals surface area contributed by atoms with Gasteiger partial charge in [0.15, 0.2) is 0 Å². The molecule has 1 amide bonds. The van der Waals surface area contributed by atoms with Gasteiger partial charge in [-0.05, 0) is 54.4 Å². The molecule has 192 valence electrons. The second kappa shape index (κ2) is 10.6. The van der Waals surface area contributed by atoms with Gasteiger partial charge in [0.05, 0.1) is 17.6 Å². The van der Waals surface area contributed by atoms with E-state index >= 15 is 0 Å². The van der Waals surface area contributed by atoms with Crippen LogP contribution in [0.1, 0.15) is 38.8 Å². The fraction of sp³-hybridized carbons (Fsp3) is 0.167. The first-order valence-electron chi connectivity index (χ1n) is 12.2. The smallest absolute Gasteiger partial charge is 0.272 e. The third-order valence-corrected chi connectivity index (χ3v) is 6.60. The van der Waals surface area contributed by atoms with E-state index in [1.807, 2.05) is 77.7 Å². The van der Waals surface area contributed by atoms with Crippen LogP contribution in [0.4, 0.5) is 11.4 Å². The number of aryl methyl sites for hydroxylation is 1. The lowest BCUT2D eigenvalue weighted by molar-refractivity contribution is -0.385. The maximum Gasteiger partial charge on any atom is 0.272 e. The van der Waals surface area contributed by atoms with Gasteiger partial charge in [-0.1, -0.05) is 48.5 Å². The minimum Gasteiger partial charge on any atom is -0.496 e. The Kier molecular flexibility index (Phi) is 6.95. The third-order valence-electron chi connectivity index (χ3n) is 6.60. The summed E-state index contributed by atoms with van der Waals surface area (Å²) in [6, 6.07) is 27.8. The van der Waals surface area contributed by atoms with Gasteiger partial charge in [0.2, 0.25) is 0 Å². The highest BCUT2D eigenvalue weighted by Gasteiger charge is 2.33. The molecule has 0 fully saturated rings. The molecule has 0 saturated heterocycles. The number of anilines is 1. The van der Waals surface area contributed by atoms with Crippen molar-refractivity contribution in [2.24, 2.45) is 0 Å². The molecule has 1 heterocycles. The van der Waals surface area contributed by atoms with Crippen LogP contribution in [0.2, 0.25) is 0 Å². The zero-order valence-electron chi connectivity index (χ0n) is 21.1. The summed E-state index contributed by atoms with van der Waals surface area (Å²) in [6.07, 6.45) is -0.413. The summed E-state index contributed by atoms with van der Waals surface area (Å²) >= 11 is 0. The third kappa shape index (κ3) is 5.01. The Morgan fingerprint density at radius 1 is 0.974 bits per heavy atom. The highest BCUT2D eigenvalue weighted by Crippen LogP contribution is 2.36. The summed E-state index contributed by atoms with van der Waals surface area (Å²) in [4.78, 5) is 26.2. The Balaban J connectivity index is 1.46. The molecule has 1 aliphatic heterocycles. The van der Waals surface area contributed by atoms with Gasteiger partial charge in [-0.15, -0.1) is 0 Å². The molecule has 0 spiro atoms. The SMILES string of the molecule is COc1ccc([C@@H]2Nc3ccccc3C(=O)N2Cc2ccccc2)cc1COc1ccc([N+](=O)[O-])c(C)c1. The first-order valence-corrected chi connectivity index (χ1v) is 12.2. The highest BCUT2D eigenvalue weighted by atomic mass is 16.6. The maximum absolute atomic E-state index is 13.6. The van der Waals surface area contributed by atoms with Crippen molar-refractivity contribution in [3.8, 4) is 11.5 Å². The van der Waals surface area contributed by atoms with E-state index in [-0.39, 0.29) is 18.2 Å². The summed E-state index contributed by atoms with van der Waals surface area (Å²) < 4.78 is 11.6. The topological polar surface area (TPSA) is 93.9 Å². The number of carbonyl (C=O) groups is 1. The zero-order chi connectivity index (χ0) is 26.6. The van der Waals surface area contributed by atoms with Crippen LogP contribution in [0, 0.1) is 17.0 Å².